The lowest BCUT2D eigenvalue weighted by Crippen LogP contribution is -2.04. The zero-order chi connectivity index (χ0) is 14.1. The molecule has 0 aliphatic heterocycles. The molecule has 0 atom stereocenters. The molecule has 0 saturated heterocycles. The van der Waals surface area contributed by atoms with Crippen molar-refractivity contribution in [1.29, 1.82) is 0 Å². The summed E-state index contributed by atoms with van der Waals surface area (Å²) in [4.78, 5) is 0. The summed E-state index contributed by atoms with van der Waals surface area (Å²) >= 11 is 0. The molecule has 0 aliphatic rings. The van der Waals surface area contributed by atoms with Crippen LogP contribution in [0.5, 0.6) is 5.75 Å². The second-order valence-corrected chi connectivity index (χ2v) is 4.57. The number of nitrogen functional groups attached to an aromatic ring is 1. The summed E-state index contributed by atoms with van der Waals surface area (Å²) in [5.74, 6) is 0.693. The maximum Gasteiger partial charge on any atom is 0.155 e. The summed E-state index contributed by atoms with van der Waals surface area (Å²) in [6, 6.07) is 14.7. The third kappa shape index (κ3) is 1.99. The summed E-state index contributed by atoms with van der Waals surface area (Å²) < 4.78 is 1.58. The van der Waals surface area contributed by atoms with Gasteiger partial charge in [0.2, 0.25) is 0 Å². The Morgan fingerprint density at radius 1 is 1.10 bits per heavy atom. The molecule has 0 spiro atoms. The molecule has 0 amide bonds. The van der Waals surface area contributed by atoms with Crippen LogP contribution in [0.4, 0.5) is 5.82 Å². The van der Waals surface area contributed by atoms with Gasteiger partial charge in [0.15, 0.2) is 5.82 Å². The van der Waals surface area contributed by atoms with Crippen LogP contribution < -0.4 is 5.73 Å². The first-order chi connectivity index (χ1) is 9.66. The Hall–Kier alpha value is -2.82. The number of benzene rings is 2. The fraction of sp³-hybridized carbons (Fsp3) is 0.0667. The monoisotopic (exact) mass is 266 g/mol. The van der Waals surface area contributed by atoms with Gasteiger partial charge in [-0.05, 0) is 30.7 Å². The van der Waals surface area contributed by atoms with Crippen LogP contribution in [-0.2, 0) is 0 Å². The van der Waals surface area contributed by atoms with Crippen molar-refractivity contribution >= 4 is 5.82 Å². The van der Waals surface area contributed by atoms with E-state index in [9.17, 15) is 5.11 Å². The molecule has 1 aromatic heterocycles. The minimum atomic E-state index is 0.216. The van der Waals surface area contributed by atoms with Crippen molar-refractivity contribution in [2.75, 3.05) is 5.73 Å². The minimum Gasteiger partial charge on any atom is -0.508 e. The molecule has 3 aromatic rings. The molecule has 1 heterocycles. The average molecular weight is 266 g/mol. The van der Waals surface area contributed by atoms with Crippen molar-refractivity contribution in [3.63, 3.8) is 0 Å². The summed E-state index contributed by atoms with van der Waals surface area (Å²) in [6.07, 6.45) is 0. The van der Waals surface area contributed by atoms with Crippen LogP contribution in [0.3, 0.4) is 0 Å². The van der Waals surface area contributed by atoms with Crippen molar-refractivity contribution in [3.05, 3.63) is 54.1 Å². The van der Waals surface area contributed by atoms with E-state index < -0.39 is 0 Å². The molecule has 100 valence electrons. The smallest absolute Gasteiger partial charge is 0.155 e. The number of nitrogens with zero attached hydrogens (tertiary/aromatic N) is 3. The van der Waals surface area contributed by atoms with E-state index in [0.29, 0.717) is 11.5 Å². The number of aromatic nitrogens is 3. The minimum absolute atomic E-state index is 0.216. The Kier molecular flexibility index (Phi) is 2.87. The highest BCUT2D eigenvalue weighted by molar-refractivity contribution is 5.71. The summed E-state index contributed by atoms with van der Waals surface area (Å²) in [5, 5.41) is 17.7. The Morgan fingerprint density at radius 2 is 1.85 bits per heavy atom. The van der Waals surface area contributed by atoms with E-state index in [2.05, 4.69) is 10.3 Å². The van der Waals surface area contributed by atoms with E-state index in [0.717, 1.165) is 16.8 Å². The van der Waals surface area contributed by atoms with Gasteiger partial charge in [-0.3, -0.25) is 0 Å². The van der Waals surface area contributed by atoms with Crippen molar-refractivity contribution in [3.8, 4) is 22.7 Å². The van der Waals surface area contributed by atoms with Gasteiger partial charge in [-0.1, -0.05) is 35.5 Å². The van der Waals surface area contributed by atoms with Gasteiger partial charge in [0.1, 0.15) is 11.4 Å². The van der Waals surface area contributed by atoms with Gasteiger partial charge < -0.3 is 10.8 Å². The van der Waals surface area contributed by atoms with Crippen LogP contribution in [0.25, 0.3) is 16.9 Å². The fourth-order valence-corrected chi connectivity index (χ4v) is 2.15. The molecule has 0 aliphatic carbocycles. The first kappa shape index (κ1) is 12.2. The van der Waals surface area contributed by atoms with Crippen molar-refractivity contribution in [1.82, 2.24) is 15.0 Å². The van der Waals surface area contributed by atoms with Gasteiger partial charge in [0, 0.05) is 5.56 Å². The van der Waals surface area contributed by atoms with Crippen molar-refractivity contribution in [2.24, 2.45) is 0 Å². The third-order valence-electron chi connectivity index (χ3n) is 3.16. The van der Waals surface area contributed by atoms with Crippen LogP contribution in [0, 0.1) is 6.92 Å². The molecular formula is C15H14N4O. The predicted molar refractivity (Wildman–Crippen MR) is 77.6 cm³/mol. The quantitative estimate of drug-likeness (QED) is 0.747. The van der Waals surface area contributed by atoms with Gasteiger partial charge in [0.25, 0.3) is 0 Å². The maximum absolute atomic E-state index is 9.46. The number of rotatable bonds is 2. The molecule has 0 fully saturated rings. The van der Waals surface area contributed by atoms with E-state index in [1.165, 1.54) is 0 Å². The van der Waals surface area contributed by atoms with Crippen LogP contribution in [0.1, 0.15) is 5.56 Å². The SMILES string of the molecule is Cc1cc(O)ccc1-n1nnc(-c2ccccc2)c1N. The van der Waals surface area contributed by atoms with Gasteiger partial charge in [-0.2, -0.15) is 4.68 Å². The zero-order valence-electron chi connectivity index (χ0n) is 11.0. The van der Waals surface area contributed by atoms with Crippen LogP contribution >= 0.6 is 0 Å². The zero-order valence-corrected chi connectivity index (χ0v) is 11.0. The van der Waals surface area contributed by atoms with Gasteiger partial charge in [-0.15, -0.1) is 5.10 Å². The lowest BCUT2D eigenvalue weighted by molar-refractivity contribution is 0.474. The average Bonchev–Trinajstić information content (AvgIpc) is 2.82. The topological polar surface area (TPSA) is 77.0 Å². The normalized spacial score (nSPS) is 10.7. The number of anilines is 1. The van der Waals surface area contributed by atoms with Gasteiger partial charge in [0.05, 0.1) is 5.69 Å². The highest BCUT2D eigenvalue weighted by Crippen LogP contribution is 2.27. The Morgan fingerprint density at radius 3 is 2.55 bits per heavy atom. The number of hydrogen-bond donors (Lipinski definition) is 2. The number of hydrogen-bond acceptors (Lipinski definition) is 4. The molecule has 0 bridgehead atoms. The van der Waals surface area contributed by atoms with E-state index in [4.69, 9.17) is 5.73 Å². The van der Waals surface area contributed by atoms with Crippen LogP contribution in [-0.4, -0.2) is 20.1 Å². The van der Waals surface area contributed by atoms with Crippen LogP contribution in [0.2, 0.25) is 0 Å². The number of aromatic hydroxyl groups is 1. The molecule has 0 radical (unpaired) electrons. The van der Waals surface area contributed by atoms with Gasteiger partial charge in [-0.25, -0.2) is 0 Å². The molecule has 2 aromatic carbocycles. The second-order valence-electron chi connectivity index (χ2n) is 4.57. The molecule has 3 rings (SSSR count). The largest absolute Gasteiger partial charge is 0.508 e. The van der Waals surface area contributed by atoms with E-state index >= 15 is 0 Å². The fourth-order valence-electron chi connectivity index (χ4n) is 2.15. The van der Waals surface area contributed by atoms with Crippen molar-refractivity contribution in [2.45, 2.75) is 6.92 Å². The Bertz CT molecular complexity index is 750. The molecule has 20 heavy (non-hydrogen) atoms. The molecule has 5 nitrogen and oxygen atoms in total. The summed E-state index contributed by atoms with van der Waals surface area (Å²) in [5.41, 5.74) is 9.40. The predicted octanol–water partition coefficient (Wildman–Crippen LogP) is 2.53. The number of phenolic OH excluding ortho intramolecular Hbond substituents is 1. The first-order valence-electron chi connectivity index (χ1n) is 6.23. The maximum atomic E-state index is 9.46. The number of nitrogens with two attached hydrogens (primary N) is 1. The van der Waals surface area contributed by atoms with E-state index in [1.807, 2.05) is 37.3 Å². The highest BCUT2D eigenvalue weighted by Gasteiger charge is 2.14. The van der Waals surface area contributed by atoms with Gasteiger partial charge >= 0.3 is 0 Å². The van der Waals surface area contributed by atoms with E-state index in [1.54, 1.807) is 22.9 Å². The van der Waals surface area contributed by atoms with E-state index in [-0.39, 0.29) is 5.75 Å². The Labute approximate surface area is 116 Å². The molecular weight excluding hydrogens is 252 g/mol. The molecule has 3 N–H and O–H groups in total. The number of aryl methyl sites for hydroxylation is 1. The standard InChI is InChI=1S/C15H14N4O/c1-10-9-12(20)7-8-13(10)19-15(16)14(17-18-19)11-5-3-2-4-6-11/h2-9,20H,16H2,1H3. The van der Waals surface area contributed by atoms with Crippen molar-refractivity contribution < 1.29 is 5.11 Å². The molecule has 0 unspecified atom stereocenters. The number of phenols is 1. The highest BCUT2D eigenvalue weighted by atomic mass is 16.3. The van der Waals surface area contributed by atoms with Crippen LogP contribution in [0.15, 0.2) is 48.5 Å². The first-order valence-corrected chi connectivity index (χ1v) is 6.23. The lowest BCUT2D eigenvalue weighted by Gasteiger charge is -2.07. The lowest BCUT2D eigenvalue weighted by atomic mass is 10.1. The Balaban J connectivity index is 2.11. The molecule has 0 saturated carbocycles. The molecule has 5 heteroatoms. The second kappa shape index (κ2) is 4.70. The summed E-state index contributed by atoms with van der Waals surface area (Å²) in [6.45, 7) is 1.89. The third-order valence-corrected chi connectivity index (χ3v) is 3.16. The summed E-state index contributed by atoms with van der Waals surface area (Å²) in [7, 11) is 0.